The number of primary amides is 1. The number of nitrogens with zero attached hydrogens (tertiary/aromatic N) is 1. The summed E-state index contributed by atoms with van der Waals surface area (Å²) >= 11 is 0. The summed E-state index contributed by atoms with van der Waals surface area (Å²) < 4.78 is 0. The summed E-state index contributed by atoms with van der Waals surface area (Å²) in [6, 6.07) is 8.26. The number of amides is 5. The molecule has 0 aliphatic rings. The van der Waals surface area contributed by atoms with Gasteiger partial charge in [0.2, 0.25) is 29.5 Å². The van der Waals surface area contributed by atoms with Gasteiger partial charge in [-0.15, -0.1) is 0 Å². The third-order valence-electron chi connectivity index (χ3n) is 4.48. The lowest BCUT2D eigenvalue weighted by molar-refractivity contribution is -0.131. The van der Waals surface area contributed by atoms with Crippen LogP contribution in [0.1, 0.15) is 59.4 Å². The molecule has 0 spiro atoms. The third kappa shape index (κ3) is 28.8. The second-order valence-corrected chi connectivity index (χ2v) is 8.45. The Hall–Kier alpha value is -4.18. The number of nitrogens with one attached hydrogen (secondary N) is 4. The Labute approximate surface area is 248 Å². The van der Waals surface area contributed by atoms with E-state index in [1.165, 1.54) is 19.4 Å². The Morgan fingerprint density at radius 2 is 1.52 bits per heavy atom. The molecule has 0 bridgehead atoms. The number of nitrogens with two attached hydrogens (primary N) is 3. The number of hydrogen-bond acceptors (Lipinski definition) is 8. The first-order valence-electron chi connectivity index (χ1n) is 13.5. The van der Waals surface area contributed by atoms with Crippen LogP contribution in [-0.4, -0.2) is 84.3 Å². The van der Waals surface area contributed by atoms with E-state index in [0.717, 1.165) is 13.0 Å². The quantitative estimate of drug-likeness (QED) is 0.0705. The van der Waals surface area contributed by atoms with E-state index in [0.29, 0.717) is 0 Å². The lowest BCUT2D eigenvalue weighted by Crippen LogP contribution is -2.52. The molecule has 1 rings (SSSR count). The number of aliphatic imine (C=N–C) groups is 1. The highest BCUT2D eigenvalue weighted by Gasteiger charge is 2.23. The first kappa shape index (κ1) is 42.3. The molecule has 238 valence electrons. The second kappa shape index (κ2) is 27.0. The smallest absolute Gasteiger partial charge is 0.426 e. The molecule has 1 aromatic rings. The van der Waals surface area contributed by atoms with Crippen molar-refractivity contribution in [2.45, 2.75) is 72.9 Å². The predicted molar refractivity (Wildman–Crippen MR) is 163 cm³/mol. The minimum atomic E-state index is -1.78. The highest BCUT2D eigenvalue weighted by molar-refractivity contribution is 6.41. The summed E-state index contributed by atoms with van der Waals surface area (Å²) in [7, 11) is -1.78. The van der Waals surface area contributed by atoms with Crippen LogP contribution in [0.4, 0.5) is 0 Å². The Kier molecular flexibility index (Phi) is 27.2. The first-order chi connectivity index (χ1) is 19.7. The van der Waals surface area contributed by atoms with Crippen LogP contribution in [0.15, 0.2) is 35.3 Å². The van der Waals surface area contributed by atoms with Crippen molar-refractivity contribution in [2.75, 3.05) is 19.5 Å². The lowest BCUT2D eigenvalue weighted by Gasteiger charge is -2.18. The van der Waals surface area contributed by atoms with Crippen molar-refractivity contribution < 1.29 is 34.0 Å². The van der Waals surface area contributed by atoms with Gasteiger partial charge < -0.3 is 48.5 Å². The van der Waals surface area contributed by atoms with Gasteiger partial charge >= 0.3 is 7.12 Å². The van der Waals surface area contributed by atoms with Crippen molar-refractivity contribution >= 4 is 42.6 Å². The molecular weight excluding hydrogens is 547 g/mol. The molecular formula is C26H49BN8O7. The van der Waals surface area contributed by atoms with E-state index in [4.69, 9.17) is 27.2 Å². The SMILES string of the molecule is CC.CC(=O)N[C@@H](C)C(=O)NCC(=O)N[C@@H](CCC(N)=O)C(=O)NCB(O)O.CCCN=C(N)N.Cc1ccccc1. The van der Waals surface area contributed by atoms with E-state index >= 15 is 0 Å². The third-order valence-corrected chi connectivity index (χ3v) is 4.48. The summed E-state index contributed by atoms with van der Waals surface area (Å²) in [6.45, 7) is 11.0. The summed E-state index contributed by atoms with van der Waals surface area (Å²) in [6.07, 6.45) is 0.237. The van der Waals surface area contributed by atoms with E-state index in [1.807, 2.05) is 39.0 Å². The number of hydrogen-bond donors (Lipinski definition) is 9. The van der Waals surface area contributed by atoms with E-state index in [1.54, 1.807) is 0 Å². The number of carbonyl (C=O) groups excluding carboxylic acids is 5. The summed E-state index contributed by atoms with van der Waals surface area (Å²) in [5, 5.41) is 26.6. The molecule has 0 fully saturated rings. The van der Waals surface area contributed by atoms with Crippen molar-refractivity contribution in [3.63, 3.8) is 0 Å². The predicted octanol–water partition coefficient (Wildman–Crippen LogP) is -1.80. The Morgan fingerprint density at radius 1 is 0.952 bits per heavy atom. The molecule has 0 radical (unpaired) electrons. The maximum Gasteiger partial charge on any atom is 0.472 e. The Balaban J connectivity index is -0.000000764. The van der Waals surface area contributed by atoms with Crippen molar-refractivity contribution in [3.05, 3.63) is 35.9 Å². The van der Waals surface area contributed by atoms with Crippen LogP contribution in [0.25, 0.3) is 0 Å². The van der Waals surface area contributed by atoms with E-state index in [-0.39, 0.29) is 18.8 Å². The van der Waals surface area contributed by atoms with Gasteiger partial charge in [0.25, 0.3) is 0 Å². The summed E-state index contributed by atoms with van der Waals surface area (Å²) in [5.74, 6) is -2.98. The average molecular weight is 597 g/mol. The van der Waals surface area contributed by atoms with Gasteiger partial charge in [-0.2, -0.15) is 0 Å². The van der Waals surface area contributed by atoms with Gasteiger partial charge in [0.15, 0.2) is 5.96 Å². The van der Waals surface area contributed by atoms with Crippen LogP contribution >= 0.6 is 0 Å². The van der Waals surface area contributed by atoms with Crippen molar-refractivity contribution in [3.8, 4) is 0 Å². The van der Waals surface area contributed by atoms with Gasteiger partial charge in [-0.3, -0.25) is 29.0 Å². The van der Waals surface area contributed by atoms with E-state index in [2.05, 4.69) is 45.3 Å². The molecule has 0 aromatic heterocycles. The lowest BCUT2D eigenvalue weighted by atomic mass is 9.92. The van der Waals surface area contributed by atoms with E-state index < -0.39 is 61.7 Å². The maximum absolute atomic E-state index is 11.9. The number of benzene rings is 1. The van der Waals surface area contributed by atoms with Crippen LogP contribution in [0, 0.1) is 6.92 Å². The molecule has 0 heterocycles. The van der Waals surface area contributed by atoms with Crippen LogP contribution in [0.3, 0.4) is 0 Å². The number of guanidine groups is 1. The molecule has 42 heavy (non-hydrogen) atoms. The van der Waals surface area contributed by atoms with Crippen molar-refractivity contribution in [2.24, 2.45) is 22.2 Å². The molecule has 0 saturated carbocycles. The molecule has 12 N–H and O–H groups in total. The monoisotopic (exact) mass is 596 g/mol. The largest absolute Gasteiger partial charge is 0.472 e. The fraction of sp³-hybridized carbons (Fsp3) is 0.538. The van der Waals surface area contributed by atoms with Crippen LogP contribution < -0.4 is 38.5 Å². The fourth-order valence-corrected chi connectivity index (χ4v) is 2.58. The molecule has 0 aliphatic carbocycles. The standard InChI is InChI=1S/C13H24BN5O7.C7H8.C4H11N3.C2H6/c1-7(18-8(2)20)12(23)16-5-11(22)19-9(3-4-10(15)21)13(24)17-6-14(25)26;1-7-5-3-2-4-6-7;1-2-3-7-4(5)6;1-2/h7,9,25-26H,3-6H2,1-2H3,(H2,15,21)(H,16,23)(H,17,24)(H,18,20)(H,19,22);2-6H,1H3;2-3H2,1H3,(H4,5,6,7);1-2H3/t7-,9-;;;/m0.../s1. The van der Waals surface area contributed by atoms with Gasteiger partial charge in [-0.1, -0.05) is 56.7 Å². The van der Waals surface area contributed by atoms with Crippen LogP contribution in [0.2, 0.25) is 0 Å². The first-order valence-corrected chi connectivity index (χ1v) is 13.5. The van der Waals surface area contributed by atoms with Crippen LogP contribution in [0.5, 0.6) is 0 Å². The number of rotatable bonds is 13. The number of aryl methyl sites for hydroxylation is 1. The minimum Gasteiger partial charge on any atom is -0.426 e. The zero-order valence-electron chi connectivity index (χ0n) is 25.5. The van der Waals surface area contributed by atoms with Crippen LogP contribution in [-0.2, 0) is 24.0 Å². The molecule has 0 saturated heterocycles. The van der Waals surface area contributed by atoms with Gasteiger partial charge in [0.1, 0.15) is 12.1 Å². The molecule has 2 atom stereocenters. The molecule has 0 unspecified atom stereocenters. The Morgan fingerprint density at radius 3 is 1.90 bits per heavy atom. The zero-order chi connectivity index (χ0) is 33.1. The van der Waals surface area contributed by atoms with Gasteiger partial charge in [0, 0.05) is 19.9 Å². The second-order valence-electron chi connectivity index (χ2n) is 8.45. The van der Waals surface area contributed by atoms with Gasteiger partial charge in [-0.05, 0) is 26.7 Å². The summed E-state index contributed by atoms with van der Waals surface area (Å²) in [4.78, 5) is 60.9. The molecule has 15 nitrogen and oxygen atoms in total. The highest BCUT2D eigenvalue weighted by Crippen LogP contribution is 1.98. The molecule has 1 aromatic carbocycles. The summed E-state index contributed by atoms with van der Waals surface area (Å²) in [5.41, 5.74) is 16.3. The molecule has 16 heteroatoms. The fourth-order valence-electron chi connectivity index (χ4n) is 2.58. The Bertz CT molecular complexity index is 946. The molecule has 5 amide bonds. The van der Waals surface area contributed by atoms with Gasteiger partial charge in [0.05, 0.1) is 13.0 Å². The maximum atomic E-state index is 11.9. The minimum absolute atomic E-state index is 0.106. The van der Waals surface area contributed by atoms with Crippen molar-refractivity contribution in [1.29, 1.82) is 0 Å². The van der Waals surface area contributed by atoms with Gasteiger partial charge in [-0.25, -0.2) is 0 Å². The highest BCUT2D eigenvalue weighted by atomic mass is 16.4. The average Bonchev–Trinajstić information content (AvgIpc) is 2.93. The topological polar surface area (TPSA) is 264 Å². The van der Waals surface area contributed by atoms with E-state index in [9.17, 15) is 24.0 Å². The molecule has 0 aliphatic heterocycles. The zero-order valence-corrected chi connectivity index (χ0v) is 25.5. The normalized spacial score (nSPS) is 10.6. The number of carbonyl (C=O) groups is 5. The van der Waals surface area contributed by atoms with Crippen molar-refractivity contribution in [1.82, 2.24) is 21.3 Å².